The summed E-state index contributed by atoms with van der Waals surface area (Å²) < 4.78 is 0. The van der Waals surface area contributed by atoms with Gasteiger partial charge in [-0.15, -0.1) is 0 Å². The van der Waals surface area contributed by atoms with E-state index in [0.717, 1.165) is 16.7 Å². The summed E-state index contributed by atoms with van der Waals surface area (Å²) in [6.07, 6.45) is 5.33. The first-order valence-electron chi connectivity index (χ1n) is 5.55. The minimum absolute atomic E-state index is 0.518. The Hall–Kier alpha value is -2.60. The SMILES string of the molecule is CC1=CC(=C(\C#N)c2ccccc2)/C=CC/1=N/O. The van der Waals surface area contributed by atoms with Crippen LogP contribution in [0.25, 0.3) is 5.57 Å². The molecule has 2 rings (SSSR count). The Kier molecular flexibility index (Phi) is 3.40. The summed E-state index contributed by atoms with van der Waals surface area (Å²) in [6, 6.07) is 11.7. The molecule has 0 spiro atoms. The van der Waals surface area contributed by atoms with E-state index in [1.807, 2.05) is 43.3 Å². The Morgan fingerprint density at radius 3 is 2.50 bits per heavy atom. The van der Waals surface area contributed by atoms with Crippen molar-refractivity contribution in [1.82, 2.24) is 0 Å². The van der Waals surface area contributed by atoms with Crippen molar-refractivity contribution in [3.8, 4) is 6.07 Å². The third kappa shape index (κ3) is 2.23. The molecule has 0 aromatic heterocycles. The molecule has 0 heterocycles. The smallest absolute Gasteiger partial charge is 0.105 e. The molecule has 3 heteroatoms. The van der Waals surface area contributed by atoms with Gasteiger partial charge in [-0.05, 0) is 35.8 Å². The summed E-state index contributed by atoms with van der Waals surface area (Å²) in [6.45, 7) is 1.85. The van der Waals surface area contributed by atoms with Gasteiger partial charge in [0.15, 0.2) is 0 Å². The Labute approximate surface area is 106 Å². The molecule has 0 saturated heterocycles. The third-order valence-electron chi connectivity index (χ3n) is 2.77. The van der Waals surface area contributed by atoms with Crippen LogP contribution in [-0.4, -0.2) is 10.9 Å². The molecule has 1 N–H and O–H groups in total. The summed E-state index contributed by atoms with van der Waals surface area (Å²) in [4.78, 5) is 0. The predicted octanol–water partition coefficient (Wildman–Crippen LogP) is 3.31. The van der Waals surface area contributed by atoms with Crippen molar-refractivity contribution in [3.05, 3.63) is 65.3 Å². The van der Waals surface area contributed by atoms with E-state index in [4.69, 9.17) is 5.21 Å². The largest absolute Gasteiger partial charge is 0.410 e. The molecule has 0 saturated carbocycles. The number of oxime groups is 1. The molecule has 1 aromatic rings. The zero-order valence-corrected chi connectivity index (χ0v) is 9.96. The normalized spacial score (nSPS) is 19.3. The molecule has 1 aliphatic rings. The molecule has 0 amide bonds. The lowest BCUT2D eigenvalue weighted by molar-refractivity contribution is 0.319. The Bertz CT molecular complexity index is 614. The minimum Gasteiger partial charge on any atom is -0.410 e. The number of rotatable bonds is 1. The number of nitriles is 1. The van der Waals surface area contributed by atoms with E-state index in [0.29, 0.717) is 11.3 Å². The highest BCUT2D eigenvalue weighted by atomic mass is 16.4. The van der Waals surface area contributed by atoms with Crippen LogP contribution in [-0.2, 0) is 0 Å². The highest BCUT2D eigenvalue weighted by molar-refractivity contribution is 6.10. The molecule has 1 aliphatic carbocycles. The van der Waals surface area contributed by atoms with Crippen molar-refractivity contribution >= 4 is 11.3 Å². The van der Waals surface area contributed by atoms with Gasteiger partial charge in [-0.3, -0.25) is 0 Å². The van der Waals surface area contributed by atoms with Crippen molar-refractivity contribution in [1.29, 1.82) is 5.26 Å². The van der Waals surface area contributed by atoms with E-state index in [1.54, 1.807) is 12.2 Å². The second kappa shape index (κ2) is 5.15. The number of hydrogen-bond acceptors (Lipinski definition) is 3. The van der Waals surface area contributed by atoms with Crippen LogP contribution in [0.15, 0.2) is 64.9 Å². The van der Waals surface area contributed by atoms with Crippen LogP contribution in [0.1, 0.15) is 12.5 Å². The molecule has 0 radical (unpaired) electrons. The van der Waals surface area contributed by atoms with Gasteiger partial charge in [-0.1, -0.05) is 41.6 Å². The van der Waals surface area contributed by atoms with Gasteiger partial charge < -0.3 is 5.21 Å². The highest BCUT2D eigenvalue weighted by Gasteiger charge is 2.10. The first-order chi connectivity index (χ1) is 8.76. The lowest BCUT2D eigenvalue weighted by Gasteiger charge is -2.09. The summed E-state index contributed by atoms with van der Waals surface area (Å²) in [5.41, 5.74) is 3.67. The van der Waals surface area contributed by atoms with E-state index >= 15 is 0 Å². The monoisotopic (exact) mass is 236 g/mol. The Morgan fingerprint density at radius 1 is 1.22 bits per heavy atom. The first kappa shape index (κ1) is 11.9. The number of allylic oxidation sites excluding steroid dienone is 6. The minimum atomic E-state index is 0.518. The van der Waals surface area contributed by atoms with Crippen molar-refractivity contribution in [2.24, 2.45) is 5.16 Å². The van der Waals surface area contributed by atoms with Crippen LogP contribution in [0.4, 0.5) is 0 Å². The quantitative estimate of drug-likeness (QED) is 0.462. The van der Waals surface area contributed by atoms with E-state index in [9.17, 15) is 5.26 Å². The van der Waals surface area contributed by atoms with Gasteiger partial charge >= 0.3 is 0 Å². The predicted molar refractivity (Wildman–Crippen MR) is 71.1 cm³/mol. The summed E-state index contributed by atoms with van der Waals surface area (Å²) in [7, 11) is 0. The van der Waals surface area contributed by atoms with Gasteiger partial charge in [-0.2, -0.15) is 5.26 Å². The third-order valence-corrected chi connectivity index (χ3v) is 2.77. The fourth-order valence-electron chi connectivity index (χ4n) is 1.82. The molecule has 0 aliphatic heterocycles. The van der Waals surface area contributed by atoms with Crippen molar-refractivity contribution in [2.45, 2.75) is 6.92 Å². The number of benzene rings is 1. The van der Waals surface area contributed by atoms with E-state index in [2.05, 4.69) is 11.2 Å². The lowest BCUT2D eigenvalue weighted by atomic mass is 9.94. The van der Waals surface area contributed by atoms with Gasteiger partial charge in [0.25, 0.3) is 0 Å². The molecule has 3 nitrogen and oxygen atoms in total. The Morgan fingerprint density at radius 2 is 1.94 bits per heavy atom. The van der Waals surface area contributed by atoms with Crippen LogP contribution >= 0.6 is 0 Å². The molecular formula is C15H12N2O. The maximum Gasteiger partial charge on any atom is 0.105 e. The molecule has 18 heavy (non-hydrogen) atoms. The average Bonchev–Trinajstić information content (AvgIpc) is 2.41. The summed E-state index contributed by atoms with van der Waals surface area (Å²) in [5, 5.41) is 21.2. The fourth-order valence-corrected chi connectivity index (χ4v) is 1.82. The van der Waals surface area contributed by atoms with Crippen LogP contribution < -0.4 is 0 Å². The highest BCUT2D eigenvalue weighted by Crippen LogP contribution is 2.23. The zero-order valence-electron chi connectivity index (χ0n) is 9.96. The van der Waals surface area contributed by atoms with Crippen LogP contribution in [0, 0.1) is 11.3 Å². The Balaban J connectivity index is 2.52. The molecule has 0 fully saturated rings. The van der Waals surface area contributed by atoms with E-state index in [1.165, 1.54) is 0 Å². The summed E-state index contributed by atoms with van der Waals surface area (Å²) in [5.74, 6) is 0. The molecule has 0 bridgehead atoms. The van der Waals surface area contributed by atoms with Gasteiger partial charge in [0.2, 0.25) is 0 Å². The molecule has 0 unspecified atom stereocenters. The van der Waals surface area contributed by atoms with Gasteiger partial charge in [-0.25, -0.2) is 0 Å². The standard InChI is InChI=1S/C15H12N2O/c1-11-9-13(7-8-15(11)17-18)14(10-16)12-5-3-2-4-6-12/h2-9,18H,1H3/b14-13+,17-15-. The van der Waals surface area contributed by atoms with E-state index in [-0.39, 0.29) is 0 Å². The maximum absolute atomic E-state index is 9.29. The zero-order chi connectivity index (χ0) is 13.0. The maximum atomic E-state index is 9.29. The topological polar surface area (TPSA) is 56.4 Å². The van der Waals surface area contributed by atoms with Gasteiger partial charge in [0.1, 0.15) is 11.8 Å². The molecular weight excluding hydrogens is 224 g/mol. The second-order valence-electron chi connectivity index (χ2n) is 3.95. The van der Waals surface area contributed by atoms with E-state index < -0.39 is 0 Å². The van der Waals surface area contributed by atoms with Gasteiger partial charge in [0, 0.05) is 0 Å². The van der Waals surface area contributed by atoms with Gasteiger partial charge in [0.05, 0.1) is 5.57 Å². The van der Waals surface area contributed by atoms with Crippen LogP contribution in [0.3, 0.4) is 0 Å². The summed E-state index contributed by atoms with van der Waals surface area (Å²) >= 11 is 0. The number of nitrogens with zero attached hydrogens (tertiary/aromatic N) is 2. The lowest BCUT2D eigenvalue weighted by Crippen LogP contribution is -2.01. The second-order valence-corrected chi connectivity index (χ2v) is 3.95. The average molecular weight is 236 g/mol. The number of hydrogen-bond donors (Lipinski definition) is 1. The molecule has 0 atom stereocenters. The van der Waals surface area contributed by atoms with Crippen LogP contribution in [0.5, 0.6) is 0 Å². The van der Waals surface area contributed by atoms with Crippen molar-refractivity contribution < 1.29 is 5.21 Å². The molecule has 1 aromatic carbocycles. The first-order valence-corrected chi connectivity index (χ1v) is 5.55. The fraction of sp³-hybridized carbons (Fsp3) is 0.0667. The van der Waals surface area contributed by atoms with Crippen molar-refractivity contribution in [2.75, 3.05) is 0 Å². The van der Waals surface area contributed by atoms with Crippen LogP contribution in [0.2, 0.25) is 0 Å². The van der Waals surface area contributed by atoms with Crippen molar-refractivity contribution in [3.63, 3.8) is 0 Å². The molecule has 88 valence electrons.